The van der Waals surface area contributed by atoms with E-state index in [1.165, 1.54) is 0 Å². The van der Waals surface area contributed by atoms with Crippen LogP contribution in [0, 0.1) is 19.8 Å². The van der Waals surface area contributed by atoms with E-state index in [0.29, 0.717) is 25.2 Å². The van der Waals surface area contributed by atoms with E-state index in [2.05, 4.69) is 15.4 Å². The molecule has 2 atom stereocenters. The molecule has 2 heterocycles. The van der Waals surface area contributed by atoms with Crippen LogP contribution in [0.4, 0.5) is 0 Å². The number of amides is 1. The number of carbonyl (C=O) groups excluding carboxylic acids is 1. The van der Waals surface area contributed by atoms with Gasteiger partial charge in [-0.1, -0.05) is 23.8 Å². The lowest BCUT2D eigenvalue weighted by molar-refractivity contribution is -0.138. The lowest BCUT2D eigenvalue weighted by Gasteiger charge is -2.17. The van der Waals surface area contributed by atoms with Crippen molar-refractivity contribution in [2.45, 2.75) is 32.6 Å². The number of carboxylic acids is 1. The van der Waals surface area contributed by atoms with Gasteiger partial charge in [-0.3, -0.25) is 9.59 Å². The molecular formula is C18H22N4O3. The van der Waals surface area contributed by atoms with Crippen molar-refractivity contribution in [2.24, 2.45) is 5.92 Å². The minimum atomic E-state index is -0.859. The SMILES string of the molecule is Cc1ccc(C)c(CC(=O)N2C[C@@H](CC(=O)O)[C@@H](c3cn[nH]n3)C2)c1. The van der Waals surface area contributed by atoms with Gasteiger partial charge in [0.15, 0.2) is 0 Å². The molecular weight excluding hydrogens is 320 g/mol. The molecule has 1 fully saturated rings. The summed E-state index contributed by atoms with van der Waals surface area (Å²) in [6.07, 6.45) is 1.96. The summed E-state index contributed by atoms with van der Waals surface area (Å²) in [5.74, 6) is -1.08. The van der Waals surface area contributed by atoms with Gasteiger partial charge in [0.05, 0.1) is 24.7 Å². The Morgan fingerprint density at radius 2 is 2.12 bits per heavy atom. The minimum absolute atomic E-state index is 0.0186. The van der Waals surface area contributed by atoms with Crippen molar-refractivity contribution >= 4 is 11.9 Å². The van der Waals surface area contributed by atoms with E-state index in [0.717, 1.165) is 16.7 Å². The van der Waals surface area contributed by atoms with Gasteiger partial charge in [0, 0.05) is 19.0 Å². The van der Waals surface area contributed by atoms with Crippen LogP contribution in [0.25, 0.3) is 0 Å². The van der Waals surface area contributed by atoms with Crippen LogP contribution in [-0.4, -0.2) is 50.4 Å². The number of likely N-dealkylation sites (tertiary alicyclic amines) is 1. The van der Waals surface area contributed by atoms with Crippen molar-refractivity contribution in [3.8, 4) is 0 Å². The van der Waals surface area contributed by atoms with Gasteiger partial charge < -0.3 is 10.0 Å². The van der Waals surface area contributed by atoms with E-state index >= 15 is 0 Å². The fourth-order valence-electron chi connectivity index (χ4n) is 3.50. The largest absolute Gasteiger partial charge is 0.481 e. The Morgan fingerprint density at radius 1 is 1.32 bits per heavy atom. The molecule has 0 unspecified atom stereocenters. The summed E-state index contributed by atoms with van der Waals surface area (Å²) in [4.78, 5) is 25.7. The molecule has 3 rings (SSSR count). The fraction of sp³-hybridized carbons (Fsp3) is 0.444. The van der Waals surface area contributed by atoms with Crippen LogP contribution in [0.5, 0.6) is 0 Å². The topological polar surface area (TPSA) is 99.2 Å². The summed E-state index contributed by atoms with van der Waals surface area (Å²) >= 11 is 0. The summed E-state index contributed by atoms with van der Waals surface area (Å²) in [5.41, 5.74) is 3.95. The number of carboxylic acid groups (broad SMARTS) is 1. The Kier molecular flexibility index (Phi) is 4.83. The Morgan fingerprint density at radius 3 is 2.80 bits per heavy atom. The van der Waals surface area contributed by atoms with Gasteiger partial charge in [-0.25, -0.2) is 0 Å². The number of benzene rings is 1. The van der Waals surface area contributed by atoms with Gasteiger partial charge in [0.1, 0.15) is 0 Å². The quantitative estimate of drug-likeness (QED) is 0.861. The van der Waals surface area contributed by atoms with Crippen LogP contribution in [0.2, 0.25) is 0 Å². The van der Waals surface area contributed by atoms with Crippen LogP contribution in [0.15, 0.2) is 24.4 Å². The Bertz CT molecular complexity index is 773. The average molecular weight is 342 g/mol. The van der Waals surface area contributed by atoms with Crippen molar-refractivity contribution < 1.29 is 14.7 Å². The highest BCUT2D eigenvalue weighted by molar-refractivity contribution is 5.80. The molecule has 0 radical (unpaired) electrons. The highest BCUT2D eigenvalue weighted by Gasteiger charge is 2.38. The van der Waals surface area contributed by atoms with Crippen molar-refractivity contribution in [1.82, 2.24) is 20.3 Å². The van der Waals surface area contributed by atoms with Crippen molar-refractivity contribution in [1.29, 1.82) is 0 Å². The average Bonchev–Trinajstić information content (AvgIpc) is 3.19. The molecule has 1 aliphatic rings. The highest BCUT2D eigenvalue weighted by Crippen LogP contribution is 2.34. The third-order valence-electron chi connectivity index (χ3n) is 4.89. The van der Waals surface area contributed by atoms with E-state index < -0.39 is 5.97 Å². The second-order valence-electron chi connectivity index (χ2n) is 6.76. The van der Waals surface area contributed by atoms with Crippen LogP contribution in [0.1, 0.15) is 34.7 Å². The Labute approximate surface area is 146 Å². The summed E-state index contributed by atoms with van der Waals surface area (Å²) in [5, 5.41) is 19.6. The van der Waals surface area contributed by atoms with E-state index in [4.69, 9.17) is 5.11 Å². The second kappa shape index (κ2) is 7.04. The van der Waals surface area contributed by atoms with Crippen LogP contribution < -0.4 is 0 Å². The standard InChI is InChI=1S/C18H22N4O3/c1-11-3-4-12(2)13(5-11)6-17(23)22-9-14(7-18(24)25)15(10-22)16-8-19-21-20-16/h3-5,8,14-15H,6-7,9-10H2,1-2H3,(H,24,25)(H,19,20,21)/t14-,15+/m1/s1. The molecule has 1 aromatic carbocycles. The molecule has 7 heteroatoms. The molecule has 0 spiro atoms. The number of hydrogen-bond acceptors (Lipinski definition) is 4. The number of hydrogen-bond donors (Lipinski definition) is 2. The molecule has 1 saturated heterocycles. The lowest BCUT2D eigenvalue weighted by Crippen LogP contribution is -2.30. The number of nitrogens with one attached hydrogen (secondary N) is 1. The molecule has 1 amide bonds. The normalized spacial score (nSPS) is 20.0. The van der Waals surface area contributed by atoms with Gasteiger partial charge in [-0.05, 0) is 30.9 Å². The predicted molar refractivity (Wildman–Crippen MR) is 91.1 cm³/mol. The molecule has 2 aromatic rings. The van der Waals surface area contributed by atoms with Gasteiger partial charge in [0.25, 0.3) is 0 Å². The highest BCUT2D eigenvalue weighted by atomic mass is 16.4. The number of aliphatic carboxylic acids is 1. The molecule has 25 heavy (non-hydrogen) atoms. The number of nitrogens with zero attached hydrogens (tertiary/aromatic N) is 3. The fourth-order valence-corrected chi connectivity index (χ4v) is 3.50. The zero-order chi connectivity index (χ0) is 18.0. The smallest absolute Gasteiger partial charge is 0.303 e. The number of aromatic amines is 1. The number of aryl methyl sites for hydroxylation is 2. The maximum absolute atomic E-state index is 12.8. The summed E-state index contributed by atoms with van der Waals surface area (Å²) in [7, 11) is 0. The first-order chi connectivity index (χ1) is 11.9. The van der Waals surface area contributed by atoms with Crippen LogP contribution in [0.3, 0.4) is 0 Å². The molecule has 0 aliphatic carbocycles. The molecule has 2 N–H and O–H groups in total. The summed E-state index contributed by atoms with van der Waals surface area (Å²) < 4.78 is 0. The number of carbonyl (C=O) groups is 2. The molecule has 0 bridgehead atoms. The van der Waals surface area contributed by atoms with E-state index in [1.807, 2.05) is 32.0 Å². The monoisotopic (exact) mass is 342 g/mol. The summed E-state index contributed by atoms with van der Waals surface area (Å²) in [6, 6.07) is 6.09. The van der Waals surface area contributed by atoms with Crippen LogP contribution >= 0.6 is 0 Å². The summed E-state index contributed by atoms with van der Waals surface area (Å²) in [6.45, 7) is 4.92. The molecule has 1 aliphatic heterocycles. The number of H-pyrrole nitrogens is 1. The Hall–Kier alpha value is -2.70. The third kappa shape index (κ3) is 3.87. The van der Waals surface area contributed by atoms with Gasteiger partial charge in [-0.15, -0.1) is 0 Å². The van der Waals surface area contributed by atoms with E-state index in [1.54, 1.807) is 11.1 Å². The third-order valence-corrected chi connectivity index (χ3v) is 4.89. The lowest BCUT2D eigenvalue weighted by atomic mass is 9.91. The van der Waals surface area contributed by atoms with Crippen molar-refractivity contribution in [3.05, 3.63) is 46.8 Å². The van der Waals surface area contributed by atoms with Gasteiger partial charge in [0.2, 0.25) is 5.91 Å². The number of rotatable bonds is 5. The first-order valence-electron chi connectivity index (χ1n) is 8.35. The Balaban J connectivity index is 1.75. The maximum Gasteiger partial charge on any atom is 0.303 e. The predicted octanol–water partition coefficient (Wildman–Crippen LogP) is 1.68. The van der Waals surface area contributed by atoms with Gasteiger partial charge in [-0.2, -0.15) is 15.4 Å². The zero-order valence-electron chi connectivity index (χ0n) is 14.4. The molecule has 0 saturated carbocycles. The second-order valence-corrected chi connectivity index (χ2v) is 6.76. The van der Waals surface area contributed by atoms with E-state index in [-0.39, 0.29) is 24.2 Å². The molecule has 7 nitrogen and oxygen atoms in total. The first kappa shape index (κ1) is 17.1. The maximum atomic E-state index is 12.8. The van der Waals surface area contributed by atoms with E-state index in [9.17, 15) is 9.59 Å². The first-order valence-corrected chi connectivity index (χ1v) is 8.35. The van der Waals surface area contributed by atoms with Crippen molar-refractivity contribution in [2.75, 3.05) is 13.1 Å². The number of aromatic nitrogens is 3. The van der Waals surface area contributed by atoms with Crippen molar-refractivity contribution in [3.63, 3.8) is 0 Å². The van der Waals surface area contributed by atoms with Crippen LogP contribution in [-0.2, 0) is 16.0 Å². The zero-order valence-corrected chi connectivity index (χ0v) is 14.4. The van der Waals surface area contributed by atoms with Gasteiger partial charge >= 0.3 is 5.97 Å². The molecule has 132 valence electrons. The molecule has 1 aromatic heterocycles. The minimum Gasteiger partial charge on any atom is -0.481 e.